The van der Waals surface area contributed by atoms with Crippen LogP contribution in [-0.2, 0) is 4.74 Å². The fourth-order valence-corrected chi connectivity index (χ4v) is 2.27. The number of ether oxygens (including phenoxy) is 1. The molecule has 1 aromatic carbocycles. The molecule has 0 spiro atoms. The average Bonchev–Trinajstić information content (AvgIpc) is 2.27. The number of nitrogens with zero attached hydrogens (tertiary/aromatic N) is 1. The number of aliphatic hydroxyl groups excluding tert-OH is 1. The van der Waals surface area contributed by atoms with E-state index in [2.05, 4.69) is 4.90 Å². The van der Waals surface area contributed by atoms with Crippen LogP contribution in [0.5, 0.6) is 0 Å². The van der Waals surface area contributed by atoms with Crippen molar-refractivity contribution < 1.29 is 9.84 Å². The van der Waals surface area contributed by atoms with E-state index in [0.717, 1.165) is 17.9 Å². The second kappa shape index (κ2) is 4.55. The van der Waals surface area contributed by atoms with Crippen LogP contribution in [0.2, 0.25) is 0 Å². The molecular weight excluding hydrogens is 216 g/mol. The molecule has 3 N–H and O–H groups in total. The first-order valence-electron chi connectivity index (χ1n) is 5.89. The van der Waals surface area contributed by atoms with Crippen molar-refractivity contribution >= 4 is 11.4 Å². The summed E-state index contributed by atoms with van der Waals surface area (Å²) < 4.78 is 5.78. The van der Waals surface area contributed by atoms with Gasteiger partial charge in [0.1, 0.15) is 0 Å². The van der Waals surface area contributed by atoms with E-state index in [0.29, 0.717) is 6.54 Å². The number of aliphatic hydroxyl groups is 1. The van der Waals surface area contributed by atoms with Gasteiger partial charge in [-0.15, -0.1) is 0 Å². The van der Waals surface area contributed by atoms with Crippen LogP contribution in [0.3, 0.4) is 0 Å². The van der Waals surface area contributed by atoms with Gasteiger partial charge in [0.05, 0.1) is 18.3 Å². The first-order valence-corrected chi connectivity index (χ1v) is 5.89. The van der Waals surface area contributed by atoms with E-state index in [4.69, 9.17) is 10.5 Å². The van der Waals surface area contributed by atoms with Crippen molar-refractivity contribution in [1.82, 2.24) is 0 Å². The average molecular weight is 236 g/mol. The summed E-state index contributed by atoms with van der Waals surface area (Å²) >= 11 is 0. The lowest BCUT2D eigenvalue weighted by Crippen LogP contribution is -2.54. The van der Waals surface area contributed by atoms with Crippen molar-refractivity contribution in [2.45, 2.75) is 25.6 Å². The summed E-state index contributed by atoms with van der Waals surface area (Å²) in [4.78, 5) is 2.23. The van der Waals surface area contributed by atoms with Crippen LogP contribution in [0.4, 0.5) is 11.4 Å². The van der Waals surface area contributed by atoms with Crippen molar-refractivity contribution in [3.63, 3.8) is 0 Å². The van der Waals surface area contributed by atoms with E-state index in [-0.39, 0.29) is 18.3 Å². The third kappa shape index (κ3) is 2.90. The van der Waals surface area contributed by atoms with E-state index < -0.39 is 0 Å². The molecule has 2 rings (SSSR count). The number of nitrogen functional groups attached to an aromatic ring is 1. The van der Waals surface area contributed by atoms with Gasteiger partial charge in [-0.25, -0.2) is 0 Å². The molecule has 1 saturated heterocycles. The second-order valence-corrected chi connectivity index (χ2v) is 5.15. The molecule has 17 heavy (non-hydrogen) atoms. The summed E-state index contributed by atoms with van der Waals surface area (Å²) in [5, 5.41) is 9.26. The molecule has 1 aliphatic heterocycles. The largest absolute Gasteiger partial charge is 0.399 e. The monoisotopic (exact) mass is 236 g/mol. The number of nitrogens with two attached hydrogens (primary N) is 1. The Labute approximate surface area is 102 Å². The topological polar surface area (TPSA) is 58.7 Å². The van der Waals surface area contributed by atoms with E-state index in [1.54, 1.807) is 0 Å². The molecule has 1 fully saturated rings. The lowest BCUT2D eigenvalue weighted by Gasteiger charge is -2.43. The van der Waals surface area contributed by atoms with E-state index in [9.17, 15) is 5.11 Å². The van der Waals surface area contributed by atoms with Crippen LogP contribution in [0.1, 0.15) is 13.8 Å². The minimum Gasteiger partial charge on any atom is -0.399 e. The van der Waals surface area contributed by atoms with Gasteiger partial charge < -0.3 is 20.5 Å². The van der Waals surface area contributed by atoms with Crippen molar-refractivity contribution in [2.75, 3.05) is 30.3 Å². The second-order valence-electron chi connectivity index (χ2n) is 5.15. The zero-order chi connectivity index (χ0) is 12.5. The number of rotatable bonds is 2. The van der Waals surface area contributed by atoms with Gasteiger partial charge in [-0.3, -0.25) is 0 Å². The van der Waals surface area contributed by atoms with Crippen molar-refractivity contribution in [3.8, 4) is 0 Å². The molecular formula is C13H20N2O2. The van der Waals surface area contributed by atoms with Crippen LogP contribution in [0, 0.1) is 0 Å². The van der Waals surface area contributed by atoms with Crippen molar-refractivity contribution in [1.29, 1.82) is 0 Å². The lowest BCUT2D eigenvalue weighted by atomic mass is 10.0. The van der Waals surface area contributed by atoms with Crippen molar-refractivity contribution in [2.24, 2.45) is 0 Å². The Morgan fingerprint density at radius 1 is 1.41 bits per heavy atom. The summed E-state index contributed by atoms with van der Waals surface area (Å²) in [5.41, 5.74) is 7.32. The zero-order valence-electron chi connectivity index (χ0n) is 10.4. The first kappa shape index (κ1) is 12.2. The molecule has 0 saturated carbocycles. The predicted octanol–water partition coefficient (Wildman–Crippen LogP) is 1.24. The third-order valence-corrected chi connectivity index (χ3v) is 2.94. The molecule has 1 aliphatic rings. The van der Waals surface area contributed by atoms with Gasteiger partial charge in [-0.1, -0.05) is 0 Å². The van der Waals surface area contributed by atoms with Gasteiger partial charge in [0.2, 0.25) is 0 Å². The molecule has 1 atom stereocenters. The Morgan fingerprint density at radius 2 is 2.06 bits per heavy atom. The van der Waals surface area contributed by atoms with Crippen LogP contribution >= 0.6 is 0 Å². The fraction of sp³-hybridized carbons (Fsp3) is 0.538. The molecule has 0 radical (unpaired) electrons. The molecule has 4 heteroatoms. The molecule has 0 aromatic heterocycles. The van der Waals surface area contributed by atoms with Gasteiger partial charge in [0.25, 0.3) is 0 Å². The van der Waals surface area contributed by atoms with Gasteiger partial charge in [0, 0.05) is 24.5 Å². The molecule has 1 heterocycles. The van der Waals surface area contributed by atoms with Gasteiger partial charge in [-0.2, -0.15) is 0 Å². The smallest absolute Gasteiger partial charge is 0.0988 e. The third-order valence-electron chi connectivity index (χ3n) is 2.94. The normalized spacial score (nSPS) is 23.7. The fourth-order valence-electron chi connectivity index (χ4n) is 2.27. The summed E-state index contributed by atoms with van der Waals surface area (Å²) in [5.74, 6) is 0. The summed E-state index contributed by atoms with van der Waals surface area (Å²) in [7, 11) is 0. The summed E-state index contributed by atoms with van der Waals surface area (Å²) in [6.45, 7) is 5.66. The molecule has 1 aromatic rings. The number of anilines is 2. The number of benzene rings is 1. The van der Waals surface area contributed by atoms with Crippen LogP contribution in [0.25, 0.3) is 0 Å². The Balaban J connectivity index is 2.17. The first-order chi connectivity index (χ1) is 8.00. The molecule has 1 unspecified atom stereocenters. The lowest BCUT2D eigenvalue weighted by molar-refractivity contribution is -0.101. The van der Waals surface area contributed by atoms with Crippen LogP contribution in [-0.4, -0.2) is 36.5 Å². The molecule has 94 valence electrons. The Morgan fingerprint density at radius 3 is 2.65 bits per heavy atom. The van der Waals surface area contributed by atoms with Crippen LogP contribution in [0.15, 0.2) is 24.3 Å². The molecule has 0 amide bonds. The minimum atomic E-state index is -0.243. The number of hydrogen-bond acceptors (Lipinski definition) is 4. The van der Waals surface area contributed by atoms with Crippen molar-refractivity contribution in [3.05, 3.63) is 24.3 Å². The van der Waals surface area contributed by atoms with E-state index in [1.165, 1.54) is 0 Å². The maximum absolute atomic E-state index is 9.26. The highest BCUT2D eigenvalue weighted by atomic mass is 16.5. The SMILES string of the molecule is CC1(C)CN(c2ccc(N)cc2)CC(CO)O1. The van der Waals surface area contributed by atoms with E-state index in [1.807, 2.05) is 38.1 Å². The Kier molecular flexibility index (Phi) is 3.26. The Bertz CT molecular complexity index is 376. The highest BCUT2D eigenvalue weighted by molar-refractivity contribution is 5.53. The quantitative estimate of drug-likeness (QED) is 0.759. The van der Waals surface area contributed by atoms with Crippen LogP contribution < -0.4 is 10.6 Å². The highest BCUT2D eigenvalue weighted by Gasteiger charge is 2.33. The maximum Gasteiger partial charge on any atom is 0.0988 e. The summed E-state index contributed by atoms with van der Waals surface area (Å²) in [6, 6.07) is 7.80. The minimum absolute atomic E-state index is 0.0505. The van der Waals surface area contributed by atoms with Gasteiger partial charge in [0.15, 0.2) is 0 Å². The number of morpholine rings is 1. The zero-order valence-corrected chi connectivity index (χ0v) is 10.4. The summed E-state index contributed by atoms with van der Waals surface area (Å²) in [6.07, 6.45) is -0.128. The molecule has 0 aliphatic carbocycles. The Hall–Kier alpha value is -1.26. The van der Waals surface area contributed by atoms with Gasteiger partial charge in [-0.05, 0) is 38.1 Å². The number of hydrogen-bond donors (Lipinski definition) is 2. The maximum atomic E-state index is 9.26. The van der Waals surface area contributed by atoms with Gasteiger partial charge >= 0.3 is 0 Å². The molecule has 0 bridgehead atoms. The predicted molar refractivity (Wildman–Crippen MR) is 69.1 cm³/mol. The standard InChI is InChI=1S/C13H20N2O2/c1-13(2)9-15(7-12(8-16)17-13)11-5-3-10(14)4-6-11/h3-6,12,16H,7-9,14H2,1-2H3. The highest BCUT2D eigenvalue weighted by Crippen LogP contribution is 2.26. The molecule has 4 nitrogen and oxygen atoms in total. The van der Waals surface area contributed by atoms with E-state index >= 15 is 0 Å².